The number of hydrogen-bond donors (Lipinski definition) is 0. The van der Waals surface area contributed by atoms with Crippen LogP contribution in [0.4, 0.5) is 4.20 Å². The van der Waals surface area contributed by atoms with Crippen LogP contribution in [0.3, 0.4) is 0 Å². The van der Waals surface area contributed by atoms with Crippen molar-refractivity contribution >= 4 is 7.91 Å². The molecule has 4 saturated carbocycles. The van der Waals surface area contributed by atoms with Crippen molar-refractivity contribution in [1.82, 2.24) is 0 Å². The van der Waals surface area contributed by atoms with Gasteiger partial charge in [-0.1, -0.05) is 0 Å². The molecule has 0 aromatic carbocycles. The molecule has 4 aliphatic rings. The van der Waals surface area contributed by atoms with Gasteiger partial charge in [-0.3, -0.25) is 4.57 Å². The summed E-state index contributed by atoms with van der Waals surface area (Å²) in [4.78, 5) is 10.6. The van der Waals surface area contributed by atoms with Gasteiger partial charge in [0.1, 0.15) is 0 Å². The summed E-state index contributed by atoms with van der Waals surface area (Å²) in [5.41, 5.74) is 0. The number of hydrogen-bond acceptors (Lipinski definition) is 3. The van der Waals surface area contributed by atoms with E-state index in [4.69, 9.17) is 0 Å². The fraction of sp³-hybridized carbons (Fsp3) is 1.00. The van der Waals surface area contributed by atoms with Crippen LogP contribution in [0.25, 0.3) is 0 Å². The Morgan fingerprint density at radius 3 is 1.93 bits per heavy atom. The zero-order valence-corrected chi connectivity index (χ0v) is 9.37. The van der Waals surface area contributed by atoms with Crippen LogP contribution >= 0.6 is 7.91 Å². The van der Waals surface area contributed by atoms with Crippen molar-refractivity contribution in [3.8, 4) is 0 Å². The average Bonchev–Trinajstić information content (AvgIpc) is 2.08. The van der Waals surface area contributed by atoms with Gasteiger partial charge in [-0.15, -0.1) is 0 Å². The van der Waals surface area contributed by atoms with Crippen molar-refractivity contribution in [3.63, 3.8) is 0 Å². The summed E-state index contributed by atoms with van der Waals surface area (Å²) in [6.45, 7) is 0. The molecule has 0 amide bonds. The van der Waals surface area contributed by atoms with E-state index in [1.54, 1.807) is 0 Å². The molecule has 0 aromatic rings. The molecule has 4 fully saturated rings. The molecule has 0 heterocycles. The molecule has 0 spiro atoms. The van der Waals surface area contributed by atoms with E-state index in [1.165, 1.54) is 6.42 Å². The van der Waals surface area contributed by atoms with Gasteiger partial charge in [0.25, 0.3) is 0 Å². The van der Waals surface area contributed by atoms with Crippen LogP contribution in [0.5, 0.6) is 0 Å². The molecular formula is C10H15FO3P-. The third kappa shape index (κ3) is 1.88. The van der Waals surface area contributed by atoms with Crippen LogP contribution in [0.1, 0.15) is 32.1 Å². The number of halogens is 1. The highest BCUT2D eigenvalue weighted by atomic mass is 31.2. The van der Waals surface area contributed by atoms with Crippen molar-refractivity contribution in [3.05, 3.63) is 0 Å². The first-order valence-corrected chi connectivity index (χ1v) is 7.14. The molecule has 4 rings (SSSR count). The summed E-state index contributed by atoms with van der Waals surface area (Å²) >= 11 is 0. The lowest BCUT2D eigenvalue weighted by Gasteiger charge is -2.54. The van der Waals surface area contributed by atoms with Crippen LogP contribution in [-0.2, 0) is 9.09 Å². The van der Waals surface area contributed by atoms with E-state index in [9.17, 15) is 13.7 Å². The fourth-order valence-corrected chi connectivity index (χ4v) is 4.83. The van der Waals surface area contributed by atoms with Crippen LogP contribution in [0, 0.1) is 23.7 Å². The Balaban J connectivity index is 1.77. The van der Waals surface area contributed by atoms with Gasteiger partial charge in [-0.05, 0) is 55.8 Å². The van der Waals surface area contributed by atoms with Crippen molar-refractivity contribution in [2.24, 2.45) is 23.7 Å². The molecule has 1 atom stereocenters. The summed E-state index contributed by atoms with van der Waals surface area (Å²) in [6, 6.07) is 0. The van der Waals surface area contributed by atoms with Gasteiger partial charge in [-0.2, -0.15) is 4.20 Å². The predicted octanol–water partition coefficient (Wildman–Crippen LogP) is 2.27. The molecule has 0 saturated heterocycles. The van der Waals surface area contributed by atoms with E-state index >= 15 is 0 Å². The van der Waals surface area contributed by atoms with Gasteiger partial charge in [0.2, 0.25) is 0 Å². The molecule has 86 valence electrons. The summed E-state index contributed by atoms with van der Waals surface area (Å²) in [5, 5.41) is 0. The zero-order valence-electron chi connectivity index (χ0n) is 8.47. The van der Waals surface area contributed by atoms with E-state index < -0.39 is 7.91 Å². The summed E-state index contributed by atoms with van der Waals surface area (Å²) in [5.74, 6) is 2.08. The minimum Gasteiger partial charge on any atom is -0.753 e. The van der Waals surface area contributed by atoms with Gasteiger partial charge in [0, 0.05) is 0 Å². The van der Waals surface area contributed by atoms with Gasteiger partial charge >= 0.3 is 7.91 Å². The third-order valence-electron chi connectivity index (χ3n) is 4.39. The smallest absolute Gasteiger partial charge is 0.308 e. The highest BCUT2D eigenvalue weighted by molar-refractivity contribution is 7.45. The van der Waals surface area contributed by atoms with Crippen molar-refractivity contribution < 1.29 is 18.2 Å². The molecular weight excluding hydrogens is 218 g/mol. The van der Waals surface area contributed by atoms with Crippen LogP contribution in [0.15, 0.2) is 0 Å². The maximum atomic E-state index is 12.6. The van der Waals surface area contributed by atoms with E-state index in [0.717, 1.165) is 37.5 Å². The molecule has 5 heteroatoms. The summed E-state index contributed by atoms with van der Waals surface area (Å²) in [7, 11) is -5.04. The van der Waals surface area contributed by atoms with Gasteiger partial charge in [-0.25, -0.2) is 0 Å². The van der Waals surface area contributed by atoms with Gasteiger partial charge in [0.15, 0.2) is 0 Å². The molecule has 0 radical (unpaired) electrons. The zero-order chi connectivity index (χ0) is 10.6. The molecule has 0 N–H and O–H groups in total. The maximum Gasteiger partial charge on any atom is 0.308 e. The van der Waals surface area contributed by atoms with E-state index in [2.05, 4.69) is 4.52 Å². The summed E-state index contributed by atoms with van der Waals surface area (Å²) in [6.07, 6.45) is 5.10. The SMILES string of the molecule is O=P([O-])(F)OC1C2CC3CC(C2)CC1C3. The highest BCUT2D eigenvalue weighted by Crippen LogP contribution is 2.57. The lowest BCUT2D eigenvalue weighted by atomic mass is 9.55. The normalized spacial score (nSPS) is 51.7. The molecule has 3 nitrogen and oxygen atoms in total. The topological polar surface area (TPSA) is 49.4 Å². The lowest BCUT2D eigenvalue weighted by molar-refractivity contribution is -0.226. The standard InChI is InChI=1S/C10H16FO3P/c11-15(12,13)14-10-8-2-6-1-7(4-8)5-9(10)3-6/h6-10H,1-5H2,(H,12,13)/p-1. The quantitative estimate of drug-likeness (QED) is 0.687. The molecule has 0 aromatic heterocycles. The Bertz CT molecular complexity index is 286. The second kappa shape index (κ2) is 3.28. The van der Waals surface area contributed by atoms with Gasteiger partial charge in [0.05, 0.1) is 6.10 Å². The summed E-state index contributed by atoms with van der Waals surface area (Å²) < 4.78 is 27.8. The van der Waals surface area contributed by atoms with Crippen molar-refractivity contribution in [2.75, 3.05) is 0 Å². The molecule has 4 bridgehead atoms. The predicted molar refractivity (Wildman–Crippen MR) is 50.6 cm³/mol. The Morgan fingerprint density at radius 1 is 1.07 bits per heavy atom. The van der Waals surface area contributed by atoms with Crippen LogP contribution in [-0.4, -0.2) is 6.10 Å². The largest absolute Gasteiger partial charge is 0.753 e. The first kappa shape index (κ1) is 10.2. The lowest BCUT2D eigenvalue weighted by Crippen LogP contribution is -2.49. The third-order valence-corrected chi connectivity index (χ3v) is 4.88. The first-order chi connectivity index (χ1) is 7.01. The first-order valence-electron chi connectivity index (χ1n) is 5.70. The van der Waals surface area contributed by atoms with Crippen LogP contribution < -0.4 is 4.89 Å². The minimum absolute atomic E-state index is 0.291. The Morgan fingerprint density at radius 2 is 1.53 bits per heavy atom. The minimum atomic E-state index is -5.04. The Labute approximate surface area is 88.7 Å². The Kier molecular flexibility index (Phi) is 2.24. The van der Waals surface area contributed by atoms with Gasteiger partial charge < -0.3 is 9.42 Å². The highest BCUT2D eigenvalue weighted by Gasteiger charge is 2.49. The molecule has 0 aliphatic heterocycles. The Hall–Kier alpha value is 0.0800. The van der Waals surface area contributed by atoms with Crippen LogP contribution in [0.2, 0.25) is 0 Å². The van der Waals surface area contributed by atoms with Crippen molar-refractivity contribution in [2.45, 2.75) is 38.2 Å². The van der Waals surface area contributed by atoms with E-state index in [1.807, 2.05) is 0 Å². The second-order valence-electron chi connectivity index (χ2n) is 5.43. The van der Waals surface area contributed by atoms with E-state index in [0.29, 0.717) is 11.8 Å². The molecule has 15 heavy (non-hydrogen) atoms. The monoisotopic (exact) mass is 233 g/mol. The fourth-order valence-electron chi connectivity index (χ4n) is 4.19. The number of rotatable bonds is 2. The van der Waals surface area contributed by atoms with Crippen molar-refractivity contribution in [1.29, 1.82) is 0 Å². The second-order valence-corrected chi connectivity index (χ2v) is 6.50. The maximum absolute atomic E-state index is 12.6. The average molecular weight is 233 g/mol. The van der Waals surface area contributed by atoms with E-state index in [-0.39, 0.29) is 6.10 Å². The molecule has 1 unspecified atom stereocenters. The molecule has 4 aliphatic carbocycles.